The van der Waals surface area contributed by atoms with Gasteiger partial charge in [-0.05, 0) is 25.0 Å². The molecule has 4 nitrogen and oxygen atoms in total. The van der Waals surface area contributed by atoms with E-state index in [1.54, 1.807) is 16.2 Å². The number of carbonyl (C=O) groups is 1. The zero-order chi connectivity index (χ0) is 15.5. The number of fused-ring (bicyclic) bond motifs is 1. The van der Waals surface area contributed by atoms with Gasteiger partial charge in [0.15, 0.2) is 0 Å². The summed E-state index contributed by atoms with van der Waals surface area (Å²) < 4.78 is 0. The van der Waals surface area contributed by atoms with Crippen molar-refractivity contribution >= 4 is 28.1 Å². The van der Waals surface area contributed by atoms with Gasteiger partial charge in [-0.25, -0.2) is 4.98 Å². The van der Waals surface area contributed by atoms with E-state index >= 15 is 0 Å². The van der Waals surface area contributed by atoms with Crippen LogP contribution in [0.5, 0.6) is 0 Å². The van der Waals surface area contributed by atoms with Crippen LogP contribution in [0.1, 0.15) is 16.3 Å². The van der Waals surface area contributed by atoms with Crippen LogP contribution in [0, 0.1) is 6.92 Å². The molecule has 114 valence electrons. The highest BCUT2D eigenvalue weighted by atomic mass is 32.1. The number of likely N-dealkylation sites (N-methyl/N-ethyl adjacent to an activating group) is 1. The fourth-order valence-electron chi connectivity index (χ4n) is 2.53. The second-order valence-corrected chi connectivity index (χ2v) is 6.52. The maximum atomic E-state index is 12.2. The lowest BCUT2D eigenvalue weighted by molar-refractivity contribution is -0.129. The Hall–Kier alpha value is -2.14. The van der Waals surface area contributed by atoms with Crippen LogP contribution in [0.3, 0.4) is 0 Å². The van der Waals surface area contributed by atoms with E-state index in [1.165, 1.54) is 10.9 Å². The fraction of sp³-hybridized carbons (Fsp3) is 0.294. The highest BCUT2D eigenvalue weighted by Gasteiger charge is 2.12. The average molecular weight is 313 g/mol. The van der Waals surface area contributed by atoms with Gasteiger partial charge in [-0.15, -0.1) is 11.3 Å². The van der Waals surface area contributed by atoms with Gasteiger partial charge in [-0.2, -0.15) is 0 Å². The van der Waals surface area contributed by atoms with Crippen LogP contribution >= 0.6 is 11.3 Å². The lowest BCUT2D eigenvalue weighted by Gasteiger charge is -2.16. The molecule has 2 aromatic heterocycles. The molecule has 1 aromatic carbocycles. The molecule has 3 rings (SSSR count). The quantitative estimate of drug-likeness (QED) is 0.786. The molecule has 0 unspecified atom stereocenters. The minimum absolute atomic E-state index is 0.116. The summed E-state index contributed by atoms with van der Waals surface area (Å²) in [6, 6.07) is 8.24. The first-order chi connectivity index (χ1) is 10.6. The number of benzene rings is 1. The lowest BCUT2D eigenvalue weighted by Crippen LogP contribution is -2.30. The molecule has 1 N–H and O–H groups in total. The van der Waals surface area contributed by atoms with Gasteiger partial charge in [0.1, 0.15) is 0 Å². The number of nitrogens with one attached hydrogen (secondary N) is 1. The number of hydrogen-bond donors (Lipinski definition) is 1. The van der Waals surface area contributed by atoms with Crippen molar-refractivity contribution in [3.05, 3.63) is 52.1 Å². The molecule has 5 heteroatoms. The number of para-hydroxylation sites is 1. The Morgan fingerprint density at radius 3 is 2.95 bits per heavy atom. The number of rotatable bonds is 5. The maximum absolute atomic E-state index is 12.2. The molecule has 0 aliphatic carbocycles. The first-order valence-corrected chi connectivity index (χ1v) is 8.21. The molecular formula is C17H19N3OS. The smallest absolute Gasteiger partial charge is 0.228 e. The second-order valence-electron chi connectivity index (χ2n) is 5.46. The Morgan fingerprint density at radius 2 is 2.18 bits per heavy atom. The van der Waals surface area contributed by atoms with Crippen LogP contribution in [0.4, 0.5) is 0 Å². The first kappa shape index (κ1) is 14.8. The van der Waals surface area contributed by atoms with Crippen molar-refractivity contribution in [3.63, 3.8) is 0 Å². The summed E-state index contributed by atoms with van der Waals surface area (Å²) >= 11 is 1.58. The molecule has 3 aromatic rings. The number of carbonyl (C=O) groups excluding carboxylic acids is 1. The van der Waals surface area contributed by atoms with E-state index in [2.05, 4.69) is 22.1 Å². The third-order valence-corrected chi connectivity index (χ3v) is 4.64. The molecule has 0 saturated heterocycles. The van der Waals surface area contributed by atoms with Crippen LogP contribution in [-0.2, 0) is 17.6 Å². The largest absolute Gasteiger partial charge is 0.361 e. The number of nitrogens with zero attached hydrogens (tertiary/aromatic N) is 2. The Balaban J connectivity index is 1.59. The zero-order valence-corrected chi connectivity index (χ0v) is 13.6. The standard InChI is InChI=1S/C17H19N3OS/c1-12-19-14(11-22-12)9-17(21)20(2)8-7-13-10-18-16-6-4-3-5-15(13)16/h3-6,10-11,18H,7-9H2,1-2H3. The summed E-state index contributed by atoms with van der Waals surface area (Å²) in [7, 11) is 1.86. The molecular weight excluding hydrogens is 294 g/mol. The zero-order valence-electron chi connectivity index (χ0n) is 12.8. The molecule has 1 amide bonds. The van der Waals surface area contributed by atoms with E-state index in [4.69, 9.17) is 0 Å². The molecule has 0 aliphatic rings. The summed E-state index contributed by atoms with van der Waals surface area (Å²) in [4.78, 5) is 21.6. The molecule has 0 spiro atoms. The topological polar surface area (TPSA) is 49.0 Å². The van der Waals surface area contributed by atoms with Gasteiger partial charge < -0.3 is 9.88 Å². The SMILES string of the molecule is Cc1nc(CC(=O)N(C)CCc2c[nH]c3ccccc23)cs1. The third-order valence-electron chi connectivity index (χ3n) is 3.82. The van der Waals surface area contributed by atoms with Gasteiger partial charge in [-0.1, -0.05) is 18.2 Å². The normalized spacial score (nSPS) is 11.0. The Bertz CT molecular complexity index is 790. The minimum Gasteiger partial charge on any atom is -0.361 e. The van der Waals surface area contributed by atoms with Gasteiger partial charge in [0.05, 0.1) is 17.1 Å². The number of aromatic amines is 1. The van der Waals surface area contributed by atoms with Crippen LogP contribution in [0.25, 0.3) is 10.9 Å². The third kappa shape index (κ3) is 3.20. The van der Waals surface area contributed by atoms with Crippen molar-refractivity contribution in [2.24, 2.45) is 0 Å². The molecule has 2 heterocycles. The number of hydrogen-bond acceptors (Lipinski definition) is 3. The van der Waals surface area contributed by atoms with Gasteiger partial charge in [0, 0.05) is 36.1 Å². The first-order valence-electron chi connectivity index (χ1n) is 7.33. The lowest BCUT2D eigenvalue weighted by atomic mass is 10.1. The van der Waals surface area contributed by atoms with Crippen molar-refractivity contribution < 1.29 is 4.79 Å². The van der Waals surface area contributed by atoms with Crippen LogP contribution in [-0.4, -0.2) is 34.4 Å². The number of H-pyrrole nitrogens is 1. The van der Waals surface area contributed by atoms with E-state index in [9.17, 15) is 4.79 Å². The summed E-state index contributed by atoms with van der Waals surface area (Å²) in [5.74, 6) is 0.116. The summed E-state index contributed by atoms with van der Waals surface area (Å²) in [5, 5.41) is 4.20. The van der Waals surface area contributed by atoms with Crippen molar-refractivity contribution in [1.82, 2.24) is 14.9 Å². The van der Waals surface area contributed by atoms with Gasteiger partial charge in [0.25, 0.3) is 0 Å². The number of amides is 1. The second kappa shape index (κ2) is 6.32. The summed E-state index contributed by atoms with van der Waals surface area (Å²) in [6.07, 6.45) is 3.27. The Labute approximate surface area is 133 Å². The van der Waals surface area contributed by atoms with Crippen molar-refractivity contribution in [3.8, 4) is 0 Å². The molecule has 22 heavy (non-hydrogen) atoms. The van der Waals surface area contributed by atoms with Gasteiger partial charge in [0.2, 0.25) is 5.91 Å². The van der Waals surface area contributed by atoms with Crippen LogP contribution in [0.2, 0.25) is 0 Å². The number of aryl methyl sites for hydroxylation is 1. The van der Waals surface area contributed by atoms with Gasteiger partial charge in [-0.3, -0.25) is 4.79 Å². The van der Waals surface area contributed by atoms with Crippen molar-refractivity contribution in [1.29, 1.82) is 0 Å². The van der Waals surface area contributed by atoms with E-state index < -0.39 is 0 Å². The predicted octanol–water partition coefficient (Wildman–Crippen LogP) is 3.18. The van der Waals surface area contributed by atoms with Crippen molar-refractivity contribution in [2.45, 2.75) is 19.8 Å². The van der Waals surface area contributed by atoms with E-state index in [1.807, 2.05) is 37.7 Å². The Morgan fingerprint density at radius 1 is 1.36 bits per heavy atom. The van der Waals surface area contributed by atoms with Crippen LogP contribution < -0.4 is 0 Å². The van der Waals surface area contributed by atoms with E-state index in [0.717, 1.165) is 22.6 Å². The highest BCUT2D eigenvalue weighted by molar-refractivity contribution is 7.09. The maximum Gasteiger partial charge on any atom is 0.228 e. The monoisotopic (exact) mass is 313 g/mol. The predicted molar refractivity (Wildman–Crippen MR) is 90.2 cm³/mol. The fourth-order valence-corrected chi connectivity index (χ4v) is 3.14. The minimum atomic E-state index is 0.116. The molecule has 0 fully saturated rings. The average Bonchev–Trinajstić information content (AvgIpc) is 3.11. The van der Waals surface area contributed by atoms with Crippen LogP contribution in [0.15, 0.2) is 35.8 Å². The van der Waals surface area contributed by atoms with Crippen molar-refractivity contribution in [2.75, 3.05) is 13.6 Å². The number of aromatic nitrogens is 2. The van der Waals surface area contributed by atoms with E-state index in [-0.39, 0.29) is 5.91 Å². The molecule has 0 bridgehead atoms. The molecule has 0 saturated carbocycles. The Kier molecular flexibility index (Phi) is 4.24. The van der Waals surface area contributed by atoms with E-state index in [0.29, 0.717) is 13.0 Å². The highest BCUT2D eigenvalue weighted by Crippen LogP contribution is 2.18. The number of thiazole rings is 1. The summed E-state index contributed by atoms with van der Waals surface area (Å²) in [5.41, 5.74) is 3.26. The van der Waals surface area contributed by atoms with Gasteiger partial charge >= 0.3 is 0 Å². The molecule has 0 atom stereocenters. The molecule has 0 radical (unpaired) electrons. The molecule has 0 aliphatic heterocycles. The summed E-state index contributed by atoms with van der Waals surface area (Å²) in [6.45, 7) is 2.67.